The molecule has 2 aromatic rings. The van der Waals surface area contributed by atoms with Crippen molar-refractivity contribution in [3.05, 3.63) is 22.8 Å². The van der Waals surface area contributed by atoms with Gasteiger partial charge in [0.1, 0.15) is 5.82 Å². The summed E-state index contributed by atoms with van der Waals surface area (Å²) in [7, 11) is 2.17. The number of thiazole rings is 1. The molecule has 0 aromatic carbocycles. The third kappa shape index (κ3) is 4.05. The van der Waals surface area contributed by atoms with Crippen molar-refractivity contribution in [1.82, 2.24) is 15.0 Å². The number of hydrogen-bond acceptors (Lipinski definition) is 8. The topological polar surface area (TPSA) is 57.6 Å². The fraction of sp³-hybridized carbons (Fsp3) is 0.667. The third-order valence-electron chi connectivity index (χ3n) is 6.33. The van der Waals surface area contributed by atoms with Crippen LogP contribution in [-0.4, -0.2) is 67.4 Å². The standard InChI is InChI=1S/C21H30N6OS/c1-25(19-8-9-22-20(24-19)26-11-13-28-14-12-26)16-5-4-10-27(15-16)21-23-17-6-2-3-7-18(17)29-21/h8-9,16H,2-7,10-15H2,1H3. The number of likely N-dealkylation sites (N-methyl/N-ethyl adjacent to an activating group) is 1. The Bertz CT molecular complexity index is 813. The van der Waals surface area contributed by atoms with E-state index in [1.807, 2.05) is 23.6 Å². The number of aromatic nitrogens is 3. The van der Waals surface area contributed by atoms with Gasteiger partial charge in [0.15, 0.2) is 5.13 Å². The lowest BCUT2D eigenvalue weighted by Crippen LogP contribution is -2.47. The van der Waals surface area contributed by atoms with E-state index >= 15 is 0 Å². The first-order valence-corrected chi connectivity index (χ1v) is 11.7. The van der Waals surface area contributed by atoms with E-state index < -0.39 is 0 Å². The first kappa shape index (κ1) is 19.1. The summed E-state index contributed by atoms with van der Waals surface area (Å²) in [6.45, 7) is 5.34. The van der Waals surface area contributed by atoms with Gasteiger partial charge in [0.25, 0.3) is 0 Å². The van der Waals surface area contributed by atoms with Crippen molar-refractivity contribution < 1.29 is 4.74 Å². The van der Waals surface area contributed by atoms with Crippen LogP contribution in [0.5, 0.6) is 0 Å². The second-order valence-electron chi connectivity index (χ2n) is 8.24. The highest BCUT2D eigenvalue weighted by Crippen LogP contribution is 2.33. The molecule has 2 aliphatic heterocycles. The van der Waals surface area contributed by atoms with Gasteiger partial charge in [-0.15, -0.1) is 11.3 Å². The minimum absolute atomic E-state index is 0.442. The van der Waals surface area contributed by atoms with Crippen molar-refractivity contribution >= 4 is 28.2 Å². The summed E-state index contributed by atoms with van der Waals surface area (Å²) < 4.78 is 5.46. The Labute approximate surface area is 176 Å². The Morgan fingerprint density at radius 3 is 2.79 bits per heavy atom. The molecule has 0 N–H and O–H groups in total. The molecule has 1 unspecified atom stereocenters. The highest BCUT2D eigenvalue weighted by Gasteiger charge is 2.27. The van der Waals surface area contributed by atoms with Gasteiger partial charge in [-0.05, 0) is 44.6 Å². The summed E-state index contributed by atoms with van der Waals surface area (Å²) in [5.74, 6) is 1.82. The first-order valence-electron chi connectivity index (χ1n) is 10.9. The molecule has 29 heavy (non-hydrogen) atoms. The quantitative estimate of drug-likeness (QED) is 0.762. The van der Waals surface area contributed by atoms with Crippen LogP contribution in [0.25, 0.3) is 0 Å². The molecule has 2 fully saturated rings. The average molecular weight is 415 g/mol. The molecular formula is C21H30N6OS. The summed E-state index contributed by atoms with van der Waals surface area (Å²) in [5.41, 5.74) is 1.36. The van der Waals surface area contributed by atoms with Crippen LogP contribution in [0.1, 0.15) is 36.3 Å². The number of hydrogen-bond donors (Lipinski definition) is 0. The van der Waals surface area contributed by atoms with Crippen molar-refractivity contribution in [2.24, 2.45) is 0 Å². The lowest BCUT2D eigenvalue weighted by atomic mass is 10.0. The van der Waals surface area contributed by atoms with Crippen LogP contribution in [0.3, 0.4) is 0 Å². The van der Waals surface area contributed by atoms with Gasteiger partial charge in [-0.25, -0.2) is 9.97 Å². The Morgan fingerprint density at radius 2 is 1.93 bits per heavy atom. The smallest absolute Gasteiger partial charge is 0.227 e. The summed E-state index contributed by atoms with van der Waals surface area (Å²) >= 11 is 1.92. The minimum atomic E-state index is 0.442. The molecule has 156 valence electrons. The van der Waals surface area contributed by atoms with Crippen LogP contribution < -0.4 is 14.7 Å². The lowest BCUT2D eigenvalue weighted by molar-refractivity contribution is 0.122. The van der Waals surface area contributed by atoms with Crippen LogP contribution in [0, 0.1) is 0 Å². The molecule has 4 heterocycles. The van der Waals surface area contributed by atoms with Crippen molar-refractivity contribution in [2.45, 2.75) is 44.6 Å². The fourth-order valence-corrected chi connectivity index (χ4v) is 5.74. The molecule has 1 atom stereocenters. The maximum Gasteiger partial charge on any atom is 0.227 e. The minimum Gasteiger partial charge on any atom is -0.378 e. The van der Waals surface area contributed by atoms with E-state index in [0.717, 1.165) is 57.6 Å². The molecule has 0 radical (unpaired) electrons. The van der Waals surface area contributed by atoms with Crippen molar-refractivity contribution in [1.29, 1.82) is 0 Å². The predicted octanol–water partition coefficient (Wildman–Crippen LogP) is 2.75. The van der Waals surface area contributed by atoms with E-state index in [0.29, 0.717) is 6.04 Å². The van der Waals surface area contributed by atoms with E-state index in [1.165, 1.54) is 47.8 Å². The van der Waals surface area contributed by atoms with Crippen LogP contribution in [0.2, 0.25) is 0 Å². The zero-order valence-corrected chi connectivity index (χ0v) is 18.0. The highest BCUT2D eigenvalue weighted by atomic mass is 32.1. The molecule has 5 rings (SSSR count). The van der Waals surface area contributed by atoms with Crippen LogP contribution >= 0.6 is 11.3 Å². The van der Waals surface area contributed by atoms with Gasteiger partial charge in [0.05, 0.1) is 18.9 Å². The number of morpholine rings is 1. The zero-order valence-electron chi connectivity index (χ0n) is 17.2. The largest absolute Gasteiger partial charge is 0.378 e. The molecule has 8 heteroatoms. The number of fused-ring (bicyclic) bond motifs is 1. The number of nitrogens with zero attached hydrogens (tertiary/aromatic N) is 6. The molecule has 0 bridgehead atoms. The second kappa shape index (κ2) is 8.44. The molecule has 1 aliphatic carbocycles. The van der Waals surface area contributed by atoms with Crippen LogP contribution in [0.4, 0.5) is 16.9 Å². The van der Waals surface area contributed by atoms with Gasteiger partial charge in [-0.2, -0.15) is 4.98 Å². The van der Waals surface area contributed by atoms with Crippen LogP contribution in [-0.2, 0) is 17.6 Å². The molecule has 3 aliphatic rings. The summed E-state index contributed by atoms with van der Waals surface area (Å²) in [6.07, 6.45) is 9.26. The number of aryl methyl sites for hydroxylation is 2. The molecule has 0 amide bonds. The molecule has 0 spiro atoms. The molecular weight excluding hydrogens is 384 g/mol. The zero-order chi connectivity index (χ0) is 19.6. The maximum atomic E-state index is 5.46. The van der Waals surface area contributed by atoms with Crippen molar-refractivity contribution in [2.75, 3.05) is 61.1 Å². The molecule has 7 nitrogen and oxygen atoms in total. The fourth-order valence-electron chi connectivity index (χ4n) is 4.56. The van der Waals surface area contributed by atoms with Gasteiger partial charge in [-0.3, -0.25) is 0 Å². The van der Waals surface area contributed by atoms with E-state index in [2.05, 4.69) is 26.7 Å². The van der Waals surface area contributed by atoms with E-state index in [1.54, 1.807) is 0 Å². The number of piperidine rings is 1. The molecule has 0 saturated carbocycles. The first-order chi connectivity index (χ1) is 14.3. The Morgan fingerprint density at radius 1 is 1.07 bits per heavy atom. The third-order valence-corrected chi connectivity index (χ3v) is 7.55. The highest BCUT2D eigenvalue weighted by molar-refractivity contribution is 7.15. The normalized spacial score (nSPS) is 22.4. The van der Waals surface area contributed by atoms with Gasteiger partial charge >= 0.3 is 0 Å². The van der Waals surface area contributed by atoms with Gasteiger partial charge < -0.3 is 19.4 Å². The Kier molecular flexibility index (Phi) is 5.54. The summed E-state index contributed by atoms with van der Waals surface area (Å²) in [6, 6.07) is 2.47. The van der Waals surface area contributed by atoms with Gasteiger partial charge in [-0.1, -0.05) is 0 Å². The van der Waals surface area contributed by atoms with Crippen molar-refractivity contribution in [3.63, 3.8) is 0 Å². The van der Waals surface area contributed by atoms with Crippen molar-refractivity contribution in [3.8, 4) is 0 Å². The lowest BCUT2D eigenvalue weighted by Gasteiger charge is -2.38. The van der Waals surface area contributed by atoms with E-state index in [4.69, 9.17) is 14.7 Å². The SMILES string of the molecule is CN(c1ccnc(N2CCOCC2)n1)C1CCCN(c2nc3c(s2)CCCC3)C1. The molecule has 2 aromatic heterocycles. The van der Waals surface area contributed by atoms with E-state index in [9.17, 15) is 0 Å². The second-order valence-corrected chi connectivity index (χ2v) is 9.30. The maximum absolute atomic E-state index is 5.46. The average Bonchev–Trinajstić information content (AvgIpc) is 3.24. The Balaban J connectivity index is 1.29. The van der Waals surface area contributed by atoms with Gasteiger partial charge in [0.2, 0.25) is 5.95 Å². The molecule has 2 saturated heterocycles. The van der Waals surface area contributed by atoms with Crippen LogP contribution in [0.15, 0.2) is 12.3 Å². The predicted molar refractivity (Wildman–Crippen MR) is 117 cm³/mol. The number of anilines is 3. The Hall–Kier alpha value is -1.93. The summed E-state index contributed by atoms with van der Waals surface area (Å²) in [4.78, 5) is 23.0. The number of rotatable bonds is 4. The van der Waals surface area contributed by atoms with E-state index in [-0.39, 0.29) is 0 Å². The summed E-state index contributed by atoms with van der Waals surface area (Å²) in [5, 5.41) is 1.23. The number of ether oxygens (including phenoxy) is 1. The van der Waals surface area contributed by atoms with Gasteiger partial charge in [0, 0.05) is 50.3 Å². The monoisotopic (exact) mass is 414 g/mol.